The molecular weight excluding hydrogens is 401 g/mol. The van der Waals surface area contributed by atoms with Crippen molar-refractivity contribution in [2.24, 2.45) is 0 Å². The molecule has 0 unspecified atom stereocenters. The first-order valence-corrected chi connectivity index (χ1v) is 8.01. The van der Waals surface area contributed by atoms with E-state index in [-0.39, 0.29) is 0 Å². The van der Waals surface area contributed by atoms with Crippen LogP contribution in [0.1, 0.15) is 0 Å². The molecule has 0 saturated heterocycles. The molecule has 0 radical (unpaired) electrons. The fraction of sp³-hybridized carbons (Fsp3) is 0. The normalized spacial score (nSPS) is 11.8. The van der Waals surface area contributed by atoms with Gasteiger partial charge in [-0.3, -0.25) is 0 Å². The molecule has 80 valence electrons. The Labute approximate surface area is 114 Å². The molecule has 0 bridgehead atoms. The summed E-state index contributed by atoms with van der Waals surface area (Å²) >= 11 is 0.893. The van der Waals surface area contributed by atoms with Gasteiger partial charge in [-0.1, -0.05) is 0 Å². The van der Waals surface area contributed by atoms with Crippen molar-refractivity contribution in [1.82, 2.24) is 0 Å². The molecule has 0 N–H and O–H groups in total. The molecule has 0 aliphatic carbocycles. The van der Waals surface area contributed by atoms with Crippen LogP contribution in [0.15, 0.2) is 54.6 Å². The monoisotopic (exact) mass is 412 g/mol. The van der Waals surface area contributed by atoms with Crippen molar-refractivity contribution in [2.75, 3.05) is 0 Å². The molecule has 0 aliphatic heterocycles. The van der Waals surface area contributed by atoms with Crippen LogP contribution >= 0.6 is 0 Å². The van der Waals surface area contributed by atoms with E-state index >= 15 is 0 Å². The minimum atomic E-state index is 0.893. The molecule has 0 amide bonds. The molecule has 0 heterocycles. The molecule has 17 heavy (non-hydrogen) atoms. The van der Waals surface area contributed by atoms with Gasteiger partial charge >= 0.3 is 115 Å². The molecule has 0 saturated carbocycles. The summed E-state index contributed by atoms with van der Waals surface area (Å²) in [5.74, 6) is 0. The summed E-state index contributed by atoms with van der Waals surface area (Å²) in [6.45, 7) is 0. The zero-order valence-electron chi connectivity index (χ0n) is 9.27. The second-order valence-electron chi connectivity index (χ2n) is 4.51. The summed E-state index contributed by atoms with van der Waals surface area (Å²) in [5.41, 5.74) is 0. The summed E-state index contributed by atoms with van der Waals surface area (Å²) in [4.78, 5) is 0. The number of rotatable bonds is 0. The predicted molar refractivity (Wildman–Crippen MR) is 78.3 cm³/mol. The van der Waals surface area contributed by atoms with E-state index in [2.05, 4.69) is 54.6 Å². The van der Waals surface area contributed by atoms with Crippen LogP contribution in [0.4, 0.5) is 0 Å². The van der Waals surface area contributed by atoms with E-state index in [1.165, 1.54) is 35.6 Å². The maximum atomic E-state index is 2.29. The van der Waals surface area contributed by atoms with Crippen LogP contribution in [0.2, 0.25) is 0 Å². The predicted octanol–water partition coefficient (Wildman–Crippen LogP) is 2.84. The molecule has 0 fully saturated rings. The van der Waals surface area contributed by atoms with Crippen molar-refractivity contribution >= 4 is 60.3 Å². The molecule has 4 aromatic rings. The van der Waals surface area contributed by atoms with Crippen molar-refractivity contribution in [2.45, 2.75) is 0 Å². The number of hydrogen-bond donors (Lipinski definition) is 0. The van der Waals surface area contributed by atoms with Crippen molar-refractivity contribution in [3.63, 3.8) is 0 Å². The van der Waals surface area contributed by atoms with Gasteiger partial charge in [-0.2, -0.15) is 0 Å². The summed E-state index contributed by atoms with van der Waals surface area (Å²) < 4.78 is 1.52. The second-order valence-corrected chi connectivity index (χ2v) is 6.93. The third-order valence-electron chi connectivity index (χ3n) is 3.56. The first-order chi connectivity index (χ1) is 8.34. The Kier molecular flexibility index (Phi) is 1.96. The molecule has 0 aromatic heterocycles. The first kappa shape index (κ1) is 9.79. The number of hydrogen-bond acceptors (Lipinski definition) is 0. The van der Waals surface area contributed by atoms with Crippen LogP contribution in [0.25, 0.3) is 32.3 Å². The van der Waals surface area contributed by atoms with E-state index in [1.807, 2.05) is 0 Å². The molecular formula is C16H11Bi. The Bertz CT molecular complexity index is 830. The quantitative estimate of drug-likeness (QED) is 0.308. The van der Waals surface area contributed by atoms with Gasteiger partial charge in [0.1, 0.15) is 0 Å². The minimum absolute atomic E-state index is 0.893. The zero-order valence-corrected chi connectivity index (χ0v) is 13.8. The fourth-order valence-electron chi connectivity index (χ4n) is 2.76. The Morgan fingerprint density at radius 3 is 1.94 bits per heavy atom. The Morgan fingerprint density at radius 2 is 1.18 bits per heavy atom. The molecule has 4 aromatic carbocycles. The van der Waals surface area contributed by atoms with Gasteiger partial charge in [-0.15, -0.1) is 0 Å². The van der Waals surface area contributed by atoms with E-state index in [1.54, 1.807) is 0 Å². The molecule has 0 spiro atoms. The van der Waals surface area contributed by atoms with Gasteiger partial charge in [0.25, 0.3) is 0 Å². The van der Waals surface area contributed by atoms with Crippen LogP contribution < -0.4 is 3.27 Å². The molecule has 4 rings (SSSR count). The van der Waals surface area contributed by atoms with Crippen molar-refractivity contribution < 1.29 is 0 Å². The topological polar surface area (TPSA) is 0 Å². The summed E-state index contributed by atoms with van der Waals surface area (Å²) in [5, 5.41) is 8.43. The van der Waals surface area contributed by atoms with Crippen molar-refractivity contribution in [3.05, 3.63) is 54.6 Å². The van der Waals surface area contributed by atoms with E-state index in [0.29, 0.717) is 0 Å². The average molecular weight is 412 g/mol. The van der Waals surface area contributed by atoms with Gasteiger partial charge in [-0.25, -0.2) is 0 Å². The third-order valence-corrected chi connectivity index (χ3v) is 5.52. The van der Waals surface area contributed by atoms with Gasteiger partial charge in [0.2, 0.25) is 0 Å². The van der Waals surface area contributed by atoms with E-state index in [4.69, 9.17) is 0 Å². The number of benzene rings is 4. The first-order valence-electron chi connectivity index (χ1n) is 5.76. The summed E-state index contributed by atoms with van der Waals surface area (Å²) in [6, 6.07) is 20.1. The van der Waals surface area contributed by atoms with E-state index in [0.717, 1.165) is 24.7 Å². The molecule has 0 nitrogen and oxygen atoms in total. The zero-order chi connectivity index (χ0) is 11.4. The molecule has 1 heteroatoms. The Balaban J connectivity index is 2.48. The van der Waals surface area contributed by atoms with Gasteiger partial charge in [0.05, 0.1) is 0 Å². The molecule has 0 aliphatic rings. The Hall–Kier alpha value is -1.20. The van der Waals surface area contributed by atoms with Gasteiger partial charge in [-0.05, 0) is 0 Å². The van der Waals surface area contributed by atoms with Crippen molar-refractivity contribution in [1.29, 1.82) is 0 Å². The van der Waals surface area contributed by atoms with Crippen molar-refractivity contribution in [3.8, 4) is 0 Å². The maximum absolute atomic E-state index is 2.29. The summed E-state index contributed by atoms with van der Waals surface area (Å²) in [6.07, 6.45) is 0. The van der Waals surface area contributed by atoms with Crippen LogP contribution in [0, 0.1) is 0 Å². The SMILES string of the molecule is [BiH2][c]1ccc2ccc3cccc4ccc1c2c34. The average Bonchev–Trinajstić information content (AvgIpc) is 2.38. The van der Waals surface area contributed by atoms with Crippen LogP contribution in [0.5, 0.6) is 0 Å². The van der Waals surface area contributed by atoms with Crippen LogP contribution in [-0.2, 0) is 0 Å². The second kappa shape index (κ2) is 3.40. The Morgan fingerprint density at radius 1 is 0.588 bits per heavy atom. The standard InChI is InChI=1S/C16H9.Bi.2H/c1-3-11-7-9-13-5-2-6-14-10-8-12(4-1)15(11)16(13)14;;;/h1-5,7-10H;;;. The third kappa shape index (κ3) is 1.26. The van der Waals surface area contributed by atoms with Gasteiger partial charge in [0.15, 0.2) is 0 Å². The fourth-order valence-corrected chi connectivity index (χ4v) is 4.07. The summed E-state index contributed by atoms with van der Waals surface area (Å²) in [7, 11) is 0. The van der Waals surface area contributed by atoms with E-state index < -0.39 is 0 Å². The van der Waals surface area contributed by atoms with Gasteiger partial charge in [0, 0.05) is 0 Å². The van der Waals surface area contributed by atoms with E-state index in [9.17, 15) is 0 Å². The molecule has 0 atom stereocenters. The van der Waals surface area contributed by atoms with Crippen LogP contribution in [0.3, 0.4) is 0 Å². The van der Waals surface area contributed by atoms with Crippen LogP contribution in [-0.4, -0.2) is 24.7 Å². The van der Waals surface area contributed by atoms with Gasteiger partial charge < -0.3 is 0 Å².